The van der Waals surface area contributed by atoms with E-state index in [1.807, 2.05) is 0 Å². The Labute approximate surface area is 159 Å². The van der Waals surface area contributed by atoms with Crippen LogP contribution in [0, 0.1) is 0 Å². The lowest BCUT2D eigenvalue weighted by atomic mass is 10.2. The number of carbonyl (C=O) groups is 6. The first-order valence-electron chi connectivity index (χ1n) is 8.35. The van der Waals surface area contributed by atoms with Crippen molar-refractivity contribution in [1.82, 2.24) is 4.90 Å². The van der Waals surface area contributed by atoms with Crippen LogP contribution in [0.2, 0.25) is 0 Å². The number of aliphatic carboxylic acids is 2. The predicted molar refractivity (Wildman–Crippen MR) is 89.7 cm³/mol. The molecule has 2 amide bonds. The summed E-state index contributed by atoms with van der Waals surface area (Å²) >= 11 is 0. The number of carboxylic acids is 2. The highest BCUT2D eigenvalue weighted by molar-refractivity contribution is 6.18. The number of esters is 2. The summed E-state index contributed by atoms with van der Waals surface area (Å²) in [4.78, 5) is 69.5. The molecular weight excluding hydrogens is 378 g/mol. The fourth-order valence-corrected chi connectivity index (χ4v) is 2.23. The van der Waals surface area contributed by atoms with Gasteiger partial charge < -0.3 is 19.7 Å². The molecule has 1 unspecified atom stereocenters. The number of hydrogen-bond donors (Lipinski definition) is 2. The van der Waals surface area contributed by atoms with Crippen LogP contribution < -0.4 is 0 Å². The van der Waals surface area contributed by atoms with Gasteiger partial charge in [0.2, 0.25) is 0 Å². The van der Waals surface area contributed by atoms with Crippen molar-refractivity contribution in [3.63, 3.8) is 0 Å². The maximum atomic E-state index is 12.1. The number of carboxylic acid groups (broad SMARTS) is 2. The average Bonchev–Trinajstić information content (AvgIpc) is 2.80. The third-order valence-corrected chi connectivity index (χ3v) is 3.89. The largest absolute Gasteiger partial charge is 0.481 e. The van der Waals surface area contributed by atoms with Crippen molar-refractivity contribution in [2.75, 3.05) is 13.2 Å². The lowest BCUT2D eigenvalue weighted by molar-refractivity contribution is -0.163. The van der Waals surface area contributed by atoms with E-state index >= 15 is 0 Å². The van der Waals surface area contributed by atoms with Crippen LogP contribution in [0.4, 0.5) is 0 Å². The zero-order valence-corrected chi connectivity index (χ0v) is 15.4. The van der Waals surface area contributed by atoms with Gasteiger partial charge in [0.25, 0.3) is 11.8 Å². The van der Waals surface area contributed by atoms with E-state index in [1.54, 1.807) is 0 Å². The fraction of sp³-hybridized carbons (Fsp3) is 0.529. The van der Waals surface area contributed by atoms with Gasteiger partial charge in [0.05, 0.1) is 32.2 Å². The Hall–Kier alpha value is -3.24. The molecule has 0 aromatic rings. The first-order chi connectivity index (χ1) is 13.0. The number of ether oxygens (including phenoxy) is 2. The summed E-state index contributed by atoms with van der Waals surface area (Å²) in [7, 11) is 0. The minimum absolute atomic E-state index is 0.236. The van der Waals surface area contributed by atoms with E-state index < -0.39 is 80.6 Å². The van der Waals surface area contributed by atoms with Gasteiger partial charge in [-0.3, -0.25) is 33.7 Å². The molecule has 1 aliphatic heterocycles. The number of amides is 2. The van der Waals surface area contributed by atoms with E-state index in [0.717, 1.165) is 4.90 Å². The number of nitrogens with zero attached hydrogens (tertiary/aromatic N) is 1. The Morgan fingerprint density at radius 3 is 1.79 bits per heavy atom. The second-order valence-corrected chi connectivity index (χ2v) is 6.05. The van der Waals surface area contributed by atoms with Crippen molar-refractivity contribution in [3.8, 4) is 0 Å². The average molecular weight is 399 g/mol. The summed E-state index contributed by atoms with van der Waals surface area (Å²) < 4.78 is 9.90. The van der Waals surface area contributed by atoms with Gasteiger partial charge in [-0.15, -0.1) is 0 Å². The van der Waals surface area contributed by atoms with Gasteiger partial charge in [-0.2, -0.15) is 0 Å². The van der Waals surface area contributed by atoms with Gasteiger partial charge in [0.15, 0.2) is 6.10 Å². The lowest BCUT2D eigenvalue weighted by Gasteiger charge is -2.23. The van der Waals surface area contributed by atoms with E-state index in [0.29, 0.717) is 0 Å². The van der Waals surface area contributed by atoms with Gasteiger partial charge >= 0.3 is 23.9 Å². The second-order valence-electron chi connectivity index (χ2n) is 6.05. The van der Waals surface area contributed by atoms with Crippen molar-refractivity contribution >= 4 is 35.7 Å². The summed E-state index contributed by atoms with van der Waals surface area (Å²) in [5, 5.41) is 17.2. The van der Waals surface area contributed by atoms with Crippen LogP contribution in [-0.4, -0.2) is 70.1 Å². The van der Waals surface area contributed by atoms with Gasteiger partial charge in [-0.1, -0.05) is 0 Å². The van der Waals surface area contributed by atoms with Crippen molar-refractivity contribution in [1.29, 1.82) is 0 Å². The third-order valence-electron chi connectivity index (χ3n) is 3.89. The summed E-state index contributed by atoms with van der Waals surface area (Å²) in [5.74, 6) is -5.33. The Kier molecular flexibility index (Phi) is 8.29. The van der Waals surface area contributed by atoms with Gasteiger partial charge in [0, 0.05) is 11.1 Å². The standard InChI is InChI=1S/C17H21NO10/c1-9-10(2)17(26)18(16(9)25)7-11(28-15(24)6-4-13(21)22)8-27-14(23)5-3-12(19)20/h11H,3-8H2,1-2H3,(H,19,20)(H,21,22). The van der Waals surface area contributed by atoms with Crippen LogP contribution in [-0.2, 0) is 38.2 Å². The summed E-state index contributed by atoms with van der Waals surface area (Å²) in [6, 6.07) is 0. The molecule has 154 valence electrons. The summed E-state index contributed by atoms with van der Waals surface area (Å²) in [6.45, 7) is 2.02. The lowest BCUT2D eigenvalue weighted by Crippen LogP contribution is -2.42. The molecule has 0 bridgehead atoms. The van der Waals surface area contributed by atoms with Crippen molar-refractivity contribution in [2.24, 2.45) is 0 Å². The van der Waals surface area contributed by atoms with E-state index in [9.17, 15) is 28.8 Å². The number of hydrogen-bond acceptors (Lipinski definition) is 8. The van der Waals surface area contributed by atoms with E-state index in [4.69, 9.17) is 19.7 Å². The first-order valence-corrected chi connectivity index (χ1v) is 8.35. The molecule has 1 rings (SSSR count). The molecule has 0 saturated carbocycles. The molecule has 0 aliphatic carbocycles. The Balaban J connectivity index is 2.75. The Morgan fingerprint density at radius 1 is 0.857 bits per heavy atom. The monoisotopic (exact) mass is 399 g/mol. The molecule has 11 heteroatoms. The van der Waals surface area contributed by atoms with Gasteiger partial charge in [-0.25, -0.2) is 0 Å². The Morgan fingerprint density at radius 2 is 1.32 bits per heavy atom. The molecule has 2 N–H and O–H groups in total. The van der Waals surface area contributed by atoms with Crippen molar-refractivity contribution in [3.05, 3.63) is 11.1 Å². The van der Waals surface area contributed by atoms with Crippen LogP contribution in [0.15, 0.2) is 11.1 Å². The summed E-state index contributed by atoms with van der Waals surface area (Å²) in [5.41, 5.74) is 0.471. The SMILES string of the molecule is CC1=C(C)C(=O)N(CC(COC(=O)CCC(=O)O)OC(=O)CCC(=O)O)C1=O. The number of carbonyl (C=O) groups excluding carboxylic acids is 4. The van der Waals surface area contributed by atoms with Crippen LogP contribution in [0.25, 0.3) is 0 Å². The molecule has 0 aromatic carbocycles. The molecule has 1 heterocycles. The van der Waals surface area contributed by atoms with E-state index in [-0.39, 0.29) is 11.1 Å². The van der Waals surface area contributed by atoms with Crippen LogP contribution in [0.1, 0.15) is 39.5 Å². The topological polar surface area (TPSA) is 165 Å². The molecule has 0 spiro atoms. The third kappa shape index (κ3) is 6.82. The normalized spacial score (nSPS) is 14.9. The molecule has 1 aliphatic rings. The number of rotatable bonds is 11. The van der Waals surface area contributed by atoms with Crippen LogP contribution in [0.3, 0.4) is 0 Å². The zero-order valence-electron chi connectivity index (χ0n) is 15.4. The maximum absolute atomic E-state index is 12.1. The molecular formula is C17H21NO10. The minimum atomic E-state index is -1.22. The highest BCUT2D eigenvalue weighted by atomic mass is 16.6. The van der Waals surface area contributed by atoms with Gasteiger partial charge in [0.1, 0.15) is 6.61 Å². The summed E-state index contributed by atoms with van der Waals surface area (Å²) in [6.07, 6.45) is -3.01. The molecule has 0 radical (unpaired) electrons. The second kappa shape index (κ2) is 10.2. The smallest absolute Gasteiger partial charge is 0.306 e. The highest BCUT2D eigenvalue weighted by Gasteiger charge is 2.36. The first kappa shape index (κ1) is 22.8. The molecule has 28 heavy (non-hydrogen) atoms. The molecule has 0 saturated heterocycles. The predicted octanol–water partition coefficient (Wildman–Crippen LogP) is -0.124. The Bertz CT molecular complexity index is 699. The van der Waals surface area contributed by atoms with E-state index in [2.05, 4.69) is 0 Å². The van der Waals surface area contributed by atoms with Gasteiger partial charge in [-0.05, 0) is 13.8 Å². The van der Waals surface area contributed by atoms with E-state index in [1.165, 1.54) is 13.8 Å². The maximum Gasteiger partial charge on any atom is 0.306 e. The quantitative estimate of drug-likeness (QED) is 0.353. The highest BCUT2D eigenvalue weighted by Crippen LogP contribution is 2.20. The van der Waals surface area contributed by atoms with Crippen molar-refractivity contribution < 1.29 is 48.5 Å². The molecule has 11 nitrogen and oxygen atoms in total. The molecule has 0 fully saturated rings. The fourth-order valence-electron chi connectivity index (χ4n) is 2.23. The number of imide groups is 1. The van der Waals surface area contributed by atoms with Crippen LogP contribution >= 0.6 is 0 Å². The zero-order chi connectivity index (χ0) is 21.4. The molecule has 0 aromatic heterocycles. The van der Waals surface area contributed by atoms with Crippen molar-refractivity contribution in [2.45, 2.75) is 45.6 Å². The van der Waals surface area contributed by atoms with Crippen LogP contribution in [0.5, 0.6) is 0 Å². The molecule has 1 atom stereocenters. The minimum Gasteiger partial charge on any atom is -0.481 e.